The highest BCUT2D eigenvalue weighted by molar-refractivity contribution is 7.92. The fourth-order valence-electron chi connectivity index (χ4n) is 2.92. The monoisotopic (exact) mass is 421 g/mol. The molecule has 0 saturated carbocycles. The number of aromatic nitrogens is 1. The van der Waals surface area contributed by atoms with Crippen molar-refractivity contribution in [2.45, 2.75) is 25.3 Å². The van der Waals surface area contributed by atoms with Crippen LogP contribution in [0.2, 0.25) is 5.02 Å². The normalized spacial score (nSPS) is 11.9. The van der Waals surface area contributed by atoms with Crippen molar-refractivity contribution in [2.75, 3.05) is 17.8 Å². The third kappa shape index (κ3) is 4.43. The first-order chi connectivity index (χ1) is 13.3. The van der Waals surface area contributed by atoms with Crippen molar-refractivity contribution in [3.8, 4) is 0 Å². The number of sulfonamides is 1. The number of rotatable bonds is 7. The van der Waals surface area contributed by atoms with Gasteiger partial charge in [0.05, 0.1) is 21.1 Å². The number of fused-ring (bicyclic) bond motifs is 1. The van der Waals surface area contributed by atoms with Crippen LogP contribution in [0.25, 0.3) is 10.9 Å². The Hall–Kier alpha value is -2.22. The van der Waals surface area contributed by atoms with Crippen molar-refractivity contribution in [3.05, 3.63) is 65.1 Å². The second-order valence-electron chi connectivity index (χ2n) is 6.36. The molecule has 148 valence electrons. The topological polar surface area (TPSA) is 62.3 Å². The van der Waals surface area contributed by atoms with E-state index in [0.717, 1.165) is 37.3 Å². The summed E-state index contributed by atoms with van der Waals surface area (Å²) in [7, 11) is -3.88. The average molecular weight is 422 g/mol. The number of hydrogen-bond acceptors (Lipinski definition) is 4. The summed E-state index contributed by atoms with van der Waals surface area (Å²) in [6.07, 6.45) is 1.73. The number of nitrogens with zero attached hydrogens (tertiary/aromatic N) is 2. The lowest BCUT2D eigenvalue weighted by molar-refractivity contribution is 0.295. The van der Waals surface area contributed by atoms with E-state index in [-0.39, 0.29) is 4.90 Å². The van der Waals surface area contributed by atoms with E-state index in [4.69, 9.17) is 11.6 Å². The lowest BCUT2D eigenvalue weighted by Gasteiger charge is -2.18. The molecule has 0 saturated heterocycles. The number of hydrogen-bond donors (Lipinski definition) is 1. The fraction of sp³-hybridized carbons (Fsp3) is 0.250. The molecule has 0 aliphatic heterocycles. The van der Waals surface area contributed by atoms with Gasteiger partial charge in [0.2, 0.25) is 0 Å². The summed E-state index contributed by atoms with van der Waals surface area (Å²) in [5.41, 5.74) is 1.77. The first-order valence-electron chi connectivity index (χ1n) is 8.92. The molecule has 0 aliphatic carbocycles. The van der Waals surface area contributed by atoms with Gasteiger partial charge in [-0.05, 0) is 61.1 Å². The second kappa shape index (κ2) is 8.43. The molecular formula is C20H21ClFN3O2S. The van der Waals surface area contributed by atoms with Gasteiger partial charge in [-0.1, -0.05) is 25.4 Å². The largest absolute Gasteiger partial charge is 0.300 e. The van der Waals surface area contributed by atoms with Crippen LogP contribution in [-0.4, -0.2) is 31.4 Å². The van der Waals surface area contributed by atoms with Gasteiger partial charge in [0.1, 0.15) is 5.82 Å². The Morgan fingerprint density at radius 2 is 1.79 bits per heavy atom. The van der Waals surface area contributed by atoms with E-state index in [9.17, 15) is 12.8 Å². The molecule has 28 heavy (non-hydrogen) atoms. The number of pyridine rings is 1. The number of nitrogens with one attached hydrogen (secondary N) is 1. The SMILES string of the molecule is CCN(CC)Cc1cnc2c(NS(=O)(=O)c3ccc(F)cc3)ccc(Cl)c2c1. The lowest BCUT2D eigenvalue weighted by atomic mass is 10.1. The molecule has 0 amide bonds. The molecule has 8 heteroatoms. The molecule has 3 aromatic rings. The molecule has 0 radical (unpaired) electrons. The van der Waals surface area contributed by atoms with Gasteiger partial charge in [0, 0.05) is 18.1 Å². The predicted molar refractivity (Wildman–Crippen MR) is 111 cm³/mol. The maximum atomic E-state index is 13.1. The van der Waals surface area contributed by atoms with Gasteiger partial charge in [-0.15, -0.1) is 0 Å². The zero-order chi connectivity index (χ0) is 20.3. The highest BCUT2D eigenvalue weighted by Crippen LogP contribution is 2.30. The molecule has 5 nitrogen and oxygen atoms in total. The standard InChI is InChI=1S/C20H21ClFN3O2S/c1-3-25(4-2)13-14-11-17-18(21)9-10-19(20(17)23-12-14)24-28(26,27)16-7-5-15(22)6-8-16/h5-12,24H,3-4,13H2,1-2H3. The minimum Gasteiger partial charge on any atom is -0.300 e. The second-order valence-corrected chi connectivity index (χ2v) is 8.45. The molecule has 1 heterocycles. The predicted octanol–water partition coefficient (Wildman–Crippen LogP) is 4.67. The van der Waals surface area contributed by atoms with Crippen LogP contribution < -0.4 is 4.72 Å². The van der Waals surface area contributed by atoms with Crippen molar-refractivity contribution >= 4 is 38.2 Å². The molecule has 0 aliphatic rings. The summed E-state index contributed by atoms with van der Waals surface area (Å²) < 4.78 is 40.9. The van der Waals surface area contributed by atoms with Gasteiger partial charge in [-0.25, -0.2) is 12.8 Å². The molecule has 0 spiro atoms. The molecule has 1 N–H and O–H groups in total. The Bertz CT molecular complexity index is 1080. The molecule has 2 aromatic carbocycles. The smallest absolute Gasteiger partial charge is 0.261 e. The van der Waals surface area contributed by atoms with Crippen LogP contribution in [0.4, 0.5) is 10.1 Å². The van der Waals surface area contributed by atoms with E-state index in [1.54, 1.807) is 18.3 Å². The molecule has 0 bridgehead atoms. The Morgan fingerprint density at radius 3 is 2.43 bits per heavy atom. The van der Waals surface area contributed by atoms with Crippen molar-refractivity contribution in [2.24, 2.45) is 0 Å². The Morgan fingerprint density at radius 1 is 1.11 bits per heavy atom. The van der Waals surface area contributed by atoms with Crippen LogP contribution in [-0.2, 0) is 16.6 Å². The van der Waals surface area contributed by atoms with Crippen LogP contribution in [0.3, 0.4) is 0 Å². The summed E-state index contributed by atoms with van der Waals surface area (Å²) in [6, 6.07) is 9.77. The first kappa shape index (κ1) is 20.5. The highest BCUT2D eigenvalue weighted by Gasteiger charge is 2.17. The van der Waals surface area contributed by atoms with Crippen molar-refractivity contribution in [1.82, 2.24) is 9.88 Å². The summed E-state index contributed by atoms with van der Waals surface area (Å²) in [5, 5.41) is 1.17. The molecule has 1 aromatic heterocycles. The van der Waals surface area contributed by atoms with Crippen LogP contribution in [0.15, 0.2) is 53.6 Å². The molecule has 3 rings (SSSR count). The third-order valence-corrected chi connectivity index (χ3v) is 6.23. The Labute approximate surface area is 169 Å². The minimum atomic E-state index is -3.88. The van der Waals surface area contributed by atoms with Crippen LogP contribution in [0.1, 0.15) is 19.4 Å². The van der Waals surface area contributed by atoms with Gasteiger partial charge in [0.25, 0.3) is 10.0 Å². The Kier molecular flexibility index (Phi) is 6.17. The lowest BCUT2D eigenvalue weighted by Crippen LogP contribution is -2.22. The zero-order valence-electron chi connectivity index (χ0n) is 15.6. The van der Waals surface area contributed by atoms with E-state index in [1.807, 2.05) is 6.07 Å². The van der Waals surface area contributed by atoms with E-state index in [0.29, 0.717) is 21.6 Å². The van der Waals surface area contributed by atoms with E-state index in [2.05, 4.69) is 28.5 Å². The summed E-state index contributed by atoms with van der Waals surface area (Å²) >= 11 is 6.34. The molecular weight excluding hydrogens is 401 g/mol. The quantitative estimate of drug-likeness (QED) is 0.602. The van der Waals surface area contributed by atoms with Gasteiger partial charge >= 0.3 is 0 Å². The average Bonchev–Trinajstić information content (AvgIpc) is 2.68. The van der Waals surface area contributed by atoms with Crippen molar-refractivity contribution in [1.29, 1.82) is 0 Å². The van der Waals surface area contributed by atoms with Crippen LogP contribution >= 0.6 is 11.6 Å². The fourth-order valence-corrected chi connectivity index (χ4v) is 4.20. The third-order valence-electron chi connectivity index (χ3n) is 4.52. The van der Waals surface area contributed by atoms with Crippen LogP contribution in [0.5, 0.6) is 0 Å². The van der Waals surface area contributed by atoms with Crippen molar-refractivity contribution < 1.29 is 12.8 Å². The summed E-state index contributed by atoms with van der Waals surface area (Å²) in [5.74, 6) is -0.502. The van der Waals surface area contributed by atoms with Gasteiger partial charge < -0.3 is 0 Å². The van der Waals surface area contributed by atoms with E-state index in [1.165, 1.54) is 12.1 Å². The molecule has 0 atom stereocenters. The zero-order valence-corrected chi connectivity index (χ0v) is 17.2. The maximum absolute atomic E-state index is 13.1. The van der Waals surface area contributed by atoms with Gasteiger partial charge in [-0.2, -0.15) is 0 Å². The summed E-state index contributed by atoms with van der Waals surface area (Å²) in [4.78, 5) is 6.67. The number of anilines is 1. The first-order valence-corrected chi connectivity index (χ1v) is 10.8. The molecule has 0 fully saturated rings. The molecule has 0 unspecified atom stereocenters. The van der Waals surface area contributed by atoms with Crippen LogP contribution in [0, 0.1) is 5.82 Å². The van der Waals surface area contributed by atoms with E-state index < -0.39 is 15.8 Å². The number of benzene rings is 2. The maximum Gasteiger partial charge on any atom is 0.261 e. The van der Waals surface area contributed by atoms with Gasteiger partial charge in [-0.3, -0.25) is 14.6 Å². The minimum absolute atomic E-state index is 0.0323. The van der Waals surface area contributed by atoms with Gasteiger partial charge in [0.15, 0.2) is 0 Å². The Balaban J connectivity index is 1.98. The van der Waals surface area contributed by atoms with Crippen molar-refractivity contribution in [3.63, 3.8) is 0 Å². The van der Waals surface area contributed by atoms with E-state index >= 15 is 0 Å². The highest BCUT2D eigenvalue weighted by atomic mass is 35.5. The summed E-state index contributed by atoms with van der Waals surface area (Å²) in [6.45, 7) is 6.75. The number of halogens is 2.